The van der Waals surface area contributed by atoms with Crippen molar-refractivity contribution in [2.75, 3.05) is 0 Å². The fourth-order valence-corrected chi connectivity index (χ4v) is 3.87. The molecule has 0 heterocycles. The third-order valence-corrected chi connectivity index (χ3v) is 6.46. The molecule has 0 saturated carbocycles. The maximum atomic E-state index is 13.7. The van der Waals surface area contributed by atoms with Crippen LogP contribution in [0.2, 0.25) is 0 Å². The monoisotopic (exact) mass is 402 g/mol. The Balaban J connectivity index is 2.01. The molecule has 146 valence electrons. The minimum absolute atomic E-state index is 0.186. The molecule has 0 radical (unpaired) electrons. The maximum absolute atomic E-state index is 13.7. The molecule has 0 aromatic heterocycles. The number of hydrogen-bond acceptors (Lipinski definition) is 4. The molecule has 0 atom stereocenters. The largest absolute Gasteiger partial charge is 0.481 e. The number of aliphatic carboxylic acids is 1. The Bertz CT molecular complexity index is 1140. The van der Waals surface area contributed by atoms with Gasteiger partial charge in [0.15, 0.2) is 9.84 Å². The third kappa shape index (κ3) is 4.14. The highest BCUT2D eigenvalue weighted by molar-refractivity contribution is 7.92. The molecule has 0 aliphatic carbocycles. The SMILES string of the molecule is CC(C)S(=O)(=O)c1ccc(Oc2cc(CC(=O)O)cc3ccc(F)cc23)cc1. The second-order valence-corrected chi connectivity index (χ2v) is 9.20. The van der Waals surface area contributed by atoms with Crippen molar-refractivity contribution in [2.45, 2.75) is 30.4 Å². The topological polar surface area (TPSA) is 80.7 Å². The fraction of sp³-hybridized carbons (Fsp3) is 0.190. The van der Waals surface area contributed by atoms with Crippen molar-refractivity contribution >= 4 is 26.6 Å². The first-order chi connectivity index (χ1) is 13.2. The first-order valence-corrected chi connectivity index (χ1v) is 10.2. The molecule has 0 spiro atoms. The summed E-state index contributed by atoms with van der Waals surface area (Å²) in [6, 6.07) is 13.3. The highest BCUT2D eigenvalue weighted by Gasteiger charge is 2.19. The normalized spacial score (nSPS) is 11.7. The van der Waals surface area contributed by atoms with E-state index in [9.17, 15) is 17.6 Å². The van der Waals surface area contributed by atoms with Crippen molar-refractivity contribution < 1.29 is 27.4 Å². The van der Waals surface area contributed by atoms with Crippen LogP contribution < -0.4 is 4.74 Å². The number of rotatable bonds is 6. The standard InChI is InChI=1S/C21H19FO5S/c1-13(2)28(25,26)18-7-5-17(6-8-18)27-20-10-14(11-21(23)24)9-15-3-4-16(22)12-19(15)20/h3-10,12-13H,11H2,1-2H3,(H,23,24). The fourth-order valence-electron chi connectivity index (χ4n) is 2.81. The van der Waals surface area contributed by atoms with Crippen LogP contribution in [-0.4, -0.2) is 24.7 Å². The molecular formula is C21H19FO5S. The second-order valence-electron chi connectivity index (χ2n) is 6.70. The van der Waals surface area contributed by atoms with Crippen molar-refractivity contribution in [3.05, 3.63) is 66.0 Å². The van der Waals surface area contributed by atoms with E-state index in [0.29, 0.717) is 27.8 Å². The molecule has 28 heavy (non-hydrogen) atoms. The molecule has 0 fully saturated rings. The van der Waals surface area contributed by atoms with Gasteiger partial charge in [0.1, 0.15) is 17.3 Å². The van der Waals surface area contributed by atoms with Gasteiger partial charge in [-0.15, -0.1) is 0 Å². The van der Waals surface area contributed by atoms with Crippen LogP contribution in [0, 0.1) is 5.82 Å². The van der Waals surface area contributed by atoms with Crippen molar-refractivity contribution in [1.29, 1.82) is 0 Å². The number of hydrogen-bond donors (Lipinski definition) is 1. The van der Waals surface area contributed by atoms with Gasteiger partial charge >= 0.3 is 5.97 Å². The Hall–Kier alpha value is -2.93. The quantitative estimate of drug-likeness (QED) is 0.653. The predicted molar refractivity (Wildman–Crippen MR) is 104 cm³/mol. The summed E-state index contributed by atoms with van der Waals surface area (Å²) in [5, 5.41) is 9.66. The van der Waals surface area contributed by atoms with Crippen LogP contribution in [0.1, 0.15) is 19.4 Å². The molecule has 0 saturated heterocycles. The van der Waals surface area contributed by atoms with Gasteiger partial charge in [0.25, 0.3) is 0 Å². The lowest BCUT2D eigenvalue weighted by atomic mass is 10.0. The molecule has 7 heteroatoms. The highest BCUT2D eigenvalue weighted by Crippen LogP contribution is 2.33. The zero-order valence-electron chi connectivity index (χ0n) is 15.3. The minimum Gasteiger partial charge on any atom is -0.481 e. The lowest BCUT2D eigenvalue weighted by Gasteiger charge is -2.13. The molecule has 0 amide bonds. The molecule has 5 nitrogen and oxygen atoms in total. The molecule has 0 aliphatic rings. The molecule has 0 aliphatic heterocycles. The van der Waals surface area contributed by atoms with Gasteiger partial charge in [0.05, 0.1) is 16.6 Å². The lowest BCUT2D eigenvalue weighted by Crippen LogP contribution is -2.13. The van der Waals surface area contributed by atoms with Crippen LogP contribution in [0.4, 0.5) is 4.39 Å². The van der Waals surface area contributed by atoms with E-state index in [1.165, 1.54) is 36.4 Å². The molecule has 3 aromatic rings. The zero-order valence-corrected chi connectivity index (χ0v) is 16.2. The Morgan fingerprint density at radius 3 is 2.36 bits per heavy atom. The Labute approximate surface area is 162 Å². The van der Waals surface area contributed by atoms with Gasteiger partial charge in [-0.2, -0.15) is 0 Å². The van der Waals surface area contributed by atoms with E-state index in [1.807, 2.05) is 0 Å². The number of ether oxygens (including phenoxy) is 1. The van der Waals surface area contributed by atoms with E-state index in [4.69, 9.17) is 9.84 Å². The maximum Gasteiger partial charge on any atom is 0.307 e. The van der Waals surface area contributed by atoms with Crippen LogP contribution in [0.5, 0.6) is 11.5 Å². The van der Waals surface area contributed by atoms with E-state index < -0.39 is 26.9 Å². The average Bonchev–Trinajstić information content (AvgIpc) is 2.62. The van der Waals surface area contributed by atoms with E-state index in [-0.39, 0.29) is 11.3 Å². The predicted octanol–water partition coefficient (Wildman–Crippen LogP) is 4.58. The van der Waals surface area contributed by atoms with Crippen LogP contribution in [0.25, 0.3) is 10.8 Å². The molecule has 1 N–H and O–H groups in total. The first kappa shape index (κ1) is 19.8. The molecular weight excluding hydrogens is 383 g/mol. The molecule has 0 unspecified atom stereocenters. The van der Waals surface area contributed by atoms with Crippen LogP contribution in [0.3, 0.4) is 0 Å². The van der Waals surface area contributed by atoms with E-state index in [2.05, 4.69) is 0 Å². The van der Waals surface area contributed by atoms with Gasteiger partial charge in [0, 0.05) is 5.39 Å². The van der Waals surface area contributed by atoms with Crippen molar-refractivity contribution in [3.63, 3.8) is 0 Å². The first-order valence-electron chi connectivity index (χ1n) is 8.62. The number of carboxylic acid groups (broad SMARTS) is 1. The van der Waals surface area contributed by atoms with Gasteiger partial charge in [-0.1, -0.05) is 12.1 Å². The van der Waals surface area contributed by atoms with Crippen molar-refractivity contribution in [1.82, 2.24) is 0 Å². The molecule has 3 aromatic carbocycles. The Kier molecular flexibility index (Phi) is 5.38. The van der Waals surface area contributed by atoms with E-state index >= 15 is 0 Å². The van der Waals surface area contributed by atoms with Crippen molar-refractivity contribution in [3.8, 4) is 11.5 Å². The number of carboxylic acids is 1. The minimum atomic E-state index is -3.40. The number of halogens is 1. The van der Waals surface area contributed by atoms with Gasteiger partial charge < -0.3 is 9.84 Å². The lowest BCUT2D eigenvalue weighted by molar-refractivity contribution is -0.136. The summed E-state index contributed by atoms with van der Waals surface area (Å²) in [7, 11) is -3.40. The third-order valence-electron chi connectivity index (χ3n) is 4.29. The smallest absolute Gasteiger partial charge is 0.307 e. The van der Waals surface area contributed by atoms with Crippen LogP contribution in [-0.2, 0) is 21.1 Å². The molecule has 3 rings (SSSR count). The number of sulfone groups is 1. The number of benzene rings is 3. The van der Waals surface area contributed by atoms with Crippen LogP contribution in [0.15, 0.2) is 59.5 Å². The van der Waals surface area contributed by atoms with Gasteiger partial charge in [-0.05, 0) is 67.3 Å². The van der Waals surface area contributed by atoms with Gasteiger partial charge in [-0.3, -0.25) is 4.79 Å². The van der Waals surface area contributed by atoms with Gasteiger partial charge in [-0.25, -0.2) is 12.8 Å². The van der Waals surface area contributed by atoms with Gasteiger partial charge in [0.2, 0.25) is 0 Å². The average molecular weight is 402 g/mol. The summed E-state index contributed by atoms with van der Waals surface area (Å²) in [5.41, 5.74) is 0.514. The summed E-state index contributed by atoms with van der Waals surface area (Å²) in [5.74, 6) is -0.772. The summed E-state index contributed by atoms with van der Waals surface area (Å²) >= 11 is 0. The Morgan fingerprint density at radius 2 is 1.75 bits per heavy atom. The summed E-state index contributed by atoms with van der Waals surface area (Å²) < 4.78 is 44.0. The number of fused-ring (bicyclic) bond motifs is 1. The summed E-state index contributed by atoms with van der Waals surface area (Å²) in [6.45, 7) is 3.21. The summed E-state index contributed by atoms with van der Waals surface area (Å²) in [4.78, 5) is 11.2. The van der Waals surface area contributed by atoms with E-state index in [0.717, 1.165) is 0 Å². The highest BCUT2D eigenvalue weighted by atomic mass is 32.2. The summed E-state index contributed by atoms with van der Waals surface area (Å²) in [6.07, 6.45) is -0.199. The zero-order chi connectivity index (χ0) is 20.5. The van der Waals surface area contributed by atoms with Crippen LogP contribution >= 0.6 is 0 Å². The van der Waals surface area contributed by atoms with E-state index in [1.54, 1.807) is 32.0 Å². The molecule has 0 bridgehead atoms. The second kappa shape index (κ2) is 7.59. The Morgan fingerprint density at radius 1 is 1.07 bits per heavy atom. The van der Waals surface area contributed by atoms with Crippen molar-refractivity contribution in [2.24, 2.45) is 0 Å². The number of carbonyl (C=O) groups is 1.